The van der Waals surface area contributed by atoms with Gasteiger partial charge in [0.15, 0.2) is 0 Å². The van der Waals surface area contributed by atoms with E-state index in [9.17, 15) is 17.8 Å². The standard InChI is InChI=1S/C13H26AsNO4S/c1-12(2)13(16)14-8-7-10-15(3,4)9-5-6-11-20(17,18)19/h14H,1,5-11H2,2-4H3. The SMILES string of the molecule is C=C(C)C(=O)[AsH]CCC[N+](C)(C)CCCCS(=O)(=O)[O-]. The molecule has 20 heavy (non-hydrogen) atoms. The molecule has 0 radical (unpaired) electrons. The van der Waals surface area contributed by atoms with Crippen LogP contribution in [-0.4, -0.2) is 70.7 Å². The van der Waals surface area contributed by atoms with E-state index in [0.29, 0.717) is 12.0 Å². The number of hydrogen-bond donors (Lipinski definition) is 0. The van der Waals surface area contributed by atoms with Gasteiger partial charge in [-0.1, -0.05) is 0 Å². The maximum atomic E-state index is 11.4. The quantitative estimate of drug-likeness (QED) is 0.177. The number of carbonyl (C=O) groups is 1. The molecule has 0 fully saturated rings. The summed E-state index contributed by atoms with van der Waals surface area (Å²) >= 11 is -0.568. The van der Waals surface area contributed by atoms with Gasteiger partial charge in [-0.25, -0.2) is 0 Å². The average Bonchev–Trinajstić information content (AvgIpc) is 2.29. The molecule has 0 aliphatic heterocycles. The fraction of sp³-hybridized carbons (Fsp3) is 0.769. The van der Waals surface area contributed by atoms with Gasteiger partial charge in [0.2, 0.25) is 0 Å². The van der Waals surface area contributed by atoms with Crippen LogP contribution in [0.4, 0.5) is 0 Å². The predicted molar refractivity (Wildman–Crippen MR) is 82.0 cm³/mol. The molecule has 0 aliphatic carbocycles. The molecule has 0 aromatic carbocycles. The molecular formula is C13H26AsNO4S. The van der Waals surface area contributed by atoms with Crippen molar-refractivity contribution in [3.63, 3.8) is 0 Å². The Kier molecular flexibility index (Phi) is 8.91. The van der Waals surface area contributed by atoms with Gasteiger partial charge in [0.25, 0.3) is 0 Å². The molecule has 0 aromatic heterocycles. The monoisotopic (exact) mass is 367 g/mol. The number of quaternary nitrogens is 1. The van der Waals surface area contributed by atoms with Crippen molar-refractivity contribution >= 4 is 30.4 Å². The number of unbranched alkanes of at least 4 members (excludes halogenated alkanes) is 1. The van der Waals surface area contributed by atoms with Gasteiger partial charge in [0.05, 0.1) is 0 Å². The zero-order chi connectivity index (χ0) is 15.8. The van der Waals surface area contributed by atoms with E-state index in [0.717, 1.165) is 35.6 Å². The molecule has 7 heteroatoms. The van der Waals surface area contributed by atoms with Crippen molar-refractivity contribution in [1.29, 1.82) is 0 Å². The minimum absolute atomic E-state index is 0.246. The van der Waals surface area contributed by atoms with Crippen LogP contribution >= 0.6 is 0 Å². The summed E-state index contributed by atoms with van der Waals surface area (Å²) < 4.78 is 32.5. The molecule has 0 bridgehead atoms. The van der Waals surface area contributed by atoms with Crippen molar-refractivity contribution in [2.75, 3.05) is 32.9 Å². The fourth-order valence-corrected chi connectivity index (χ4v) is 4.16. The van der Waals surface area contributed by atoms with E-state index in [1.54, 1.807) is 6.92 Å². The molecular weight excluding hydrogens is 341 g/mol. The molecule has 0 saturated carbocycles. The number of rotatable bonds is 11. The first-order chi connectivity index (χ1) is 9.03. The summed E-state index contributed by atoms with van der Waals surface area (Å²) in [5.41, 5.74) is 0.664. The van der Waals surface area contributed by atoms with Gasteiger partial charge >= 0.3 is 129 Å². The first-order valence-electron chi connectivity index (χ1n) is 6.73. The zero-order valence-electron chi connectivity index (χ0n) is 12.6. The van der Waals surface area contributed by atoms with E-state index in [2.05, 4.69) is 20.7 Å². The van der Waals surface area contributed by atoms with Crippen LogP contribution in [0.15, 0.2) is 12.2 Å². The third-order valence-electron chi connectivity index (χ3n) is 3.02. The Bertz CT molecular complexity index is 432. The Morgan fingerprint density at radius 1 is 1.20 bits per heavy atom. The number of hydrogen-bond acceptors (Lipinski definition) is 4. The van der Waals surface area contributed by atoms with Crippen molar-refractivity contribution in [3.05, 3.63) is 12.2 Å². The van der Waals surface area contributed by atoms with Crippen molar-refractivity contribution in [2.45, 2.75) is 31.4 Å². The molecule has 1 atom stereocenters. The first kappa shape index (κ1) is 19.8. The molecule has 0 aromatic rings. The van der Waals surface area contributed by atoms with Crippen LogP contribution in [0.5, 0.6) is 0 Å². The summed E-state index contributed by atoms with van der Waals surface area (Å²) in [5, 5.41) is 0.975. The molecule has 1 unspecified atom stereocenters. The Labute approximate surface area is 129 Å². The Morgan fingerprint density at radius 3 is 2.25 bits per heavy atom. The van der Waals surface area contributed by atoms with Crippen LogP contribution in [0.2, 0.25) is 5.21 Å². The minimum atomic E-state index is -4.08. The molecule has 0 spiro atoms. The second kappa shape index (κ2) is 8.98. The molecule has 0 amide bonds. The first-order valence-corrected chi connectivity index (χ1v) is 10.8. The molecule has 0 heterocycles. The number of carbonyl (C=O) groups excluding carboxylic acids is 1. The van der Waals surface area contributed by atoms with E-state index < -0.39 is 25.9 Å². The van der Waals surface area contributed by atoms with Crippen LogP contribution in [0, 0.1) is 0 Å². The molecule has 118 valence electrons. The molecule has 0 aliphatic rings. The molecule has 0 rings (SSSR count). The van der Waals surface area contributed by atoms with Crippen molar-refractivity contribution in [2.24, 2.45) is 0 Å². The van der Waals surface area contributed by atoms with Gasteiger partial charge in [-0.3, -0.25) is 0 Å². The van der Waals surface area contributed by atoms with Crippen molar-refractivity contribution < 1.29 is 22.2 Å². The number of allylic oxidation sites excluding steroid dienone is 1. The van der Waals surface area contributed by atoms with Crippen LogP contribution in [0.1, 0.15) is 26.2 Å². The average molecular weight is 367 g/mol. The van der Waals surface area contributed by atoms with Gasteiger partial charge in [-0.2, -0.15) is 0 Å². The van der Waals surface area contributed by atoms with E-state index in [1.165, 1.54) is 0 Å². The van der Waals surface area contributed by atoms with Crippen LogP contribution in [-0.2, 0) is 14.9 Å². The third-order valence-corrected chi connectivity index (χ3v) is 6.65. The molecule has 0 saturated heterocycles. The normalized spacial score (nSPS) is 13.0. The van der Waals surface area contributed by atoms with Gasteiger partial charge in [0.1, 0.15) is 0 Å². The maximum absolute atomic E-state index is 11.4. The van der Waals surface area contributed by atoms with Crippen LogP contribution < -0.4 is 0 Å². The molecule has 0 N–H and O–H groups in total. The Hall–Kier alpha value is -0.162. The third kappa shape index (κ3) is 11.6. The van der Waals surface area contributed by atoms with Gasteiger partial charge in [0, 0.05) is 0 Å². The second-order valence-electron chi connectivity index (χ2n) is 5.74. The van der Waals surface area contributed by atoms with Crippen LogP contribution in [0.25, 0.3) is 0 Å². The topological polar surface area (TPSA) is 74.3 Å². The summed E-state index contributed by atoms with van der Waals surface area (Å²) in [4.78, 5) is 11.4. The summed E-state index contributed by atoms with van der Waals surface area (Å²) in [6.07, 6.45) is 2.16. The van der Waals surface area contributed by atoms with E-state index >= 15 is 0 Å². The predicted octanol–water partition coefficient (Wildman–Crippen LogP) is 0.736. The summed E-state index contributed by atoms with van der Waals surface area (Å²) in [7, 11) is 0.101. The van der Waals surface area contributed by atoms with E-state index in [-0.39, 0.29) is 10.3 Å². The fourth-order valence-electron chi connectivity index (χ4n) is 1.79. The summed E-state index contributed by atoms with van der Waals surface area (Å²) in [6.45, 7) is 7.24. The molecule has 5 nitrogen and oxygen atoms in total. The van der Waals surface area contributed by atoms with Crippen molar-refractivity contribution in [3.8, 4) is 0 Å². The van der Waals surface area contributed by atoms with Gasteiger partial charge in [-0.05, 0) is 0 Å². The van der Waals surface area contributed by atoms with Crippen molar-refractivity contribution in [1.82, 2.24) is 0 Å². The van der Waals surface area contributed by atoms with Crippen LogP contribution in [0.3, 0.4) is 0 Å². The summed E-state index contributed by atoms with van der Waals surface area (Å²) in [5.74, 6) is -0.271. The Morgan fingerprint density at radius 2 is 1.75 bits per heavy atom. The van der Waals surface area contributed by atoms with Gasteiger partial charge in [-0.15, -0.1) is 0 Å². The van der Waals surface area contributed by atoms with E-state index in [4.69, 9.17) is 0 Å². The van der Waals surface area contributed by atoms with E-state index in [1.807, 2.05) is 0 Å². The number of nitrogens with zero attached hydrogens (tertiary/aromatic N) is 1. The zero-order valence-corrected chi connectivity index (χ0v) is 15.6. The summed E-state index contributed by atoms with van der Waals surface area (Å²) in [6, 6.07) is 0. The second-order valence-corrected chi connectivity index (χ2v) is 10.0. The van der Waals surface area contributed by atoms with Gasteiger partial charge < -0.3 is 0 Å². The Balaban J connectivity index is 3.79.